The fraction of sp³-hybridized carbons (Fsp3) is 0.688. The van der Waals surface area contributed by atoms with Crippen molar-refractivity contribution in [2.24, 2.45) is 10.7 Å². The summed E-state index contributed by atoms with van der Waals surface area (Å²) in [6.45, 7) is 8.30. The van der Waals surface area contributed by atoms with Crippen LogP contribution in [0.3, 0.4) is 0 Å². The summed E-state index contributed by atoms with van der Waals surface area (Å²) >= 11 is 1.66. The highest BCUT2D eigenvalue weighted by Crippen LogP contribution is 2.19. The van der Waals surface area contributed by atoms with Crippen LogP contribution < -0.4 is 11.1 Å². The minimum absolute atomic E-state index is 0. The Kier molecular flexibility index (Phi) is 9.47. The summed E-state index contributed by atoms with van der Waals surface area (Å²) in [4.78, 5) is 22.3. The van der Waals surface area contributed by atoms with Crippen LogP contribution in [-0.2, 0) is 4.74 Å². The number of rotatable bonds is 5. The van der Waals surface area contributed by atoms with Gasteiger partial charge in [-0.3, -0.25) is 4.99 Å². The zero-order chi connectivity index (χ0) is 17.5. The fourth-order valence-corrected chi connectivity index (χ4v) is 3.44. The number of piperidine rings is 1. The number of aryl methyl sites for hydroxylation is 1. The summed E-state index contributed by atoms with van der Waals surface area (Å²) in [7, 11) is 0. The molecule has 9 heteroatoms. The van der Waals surface area contributed by atoms with Crippen molar-refractivity contribution >= 4 is 47.4 Å². The van der Waals surface area contributed by atoms with Crippen molar-refractivity contribution in [1.29, 1.82) is 0 Å². The van der Waals surface area contributed by atoms with E-state index in [9.17, 15) is 4.79 Å². The van der Waals surface area contributed by atoms with Crippen LogP contribution >= 0.6 is 35.3 Å². The number of aliphatic imine (C=N–C) groups is 1. The summed E-state index contributed by atoms with van der Waals surface area (Å²) in [6, 6.07) is 0.247. The van der Waals surface area contributed by atoms with Crippen LogP contribution in [0, 0.1) is 6.92 Å². The lowest BCUT2D eigenvalue weighted by Gasteiger charge is -2.31. The number of aromatic nitrogens is 1. The van der Waals surface area contributed by atoms with Crippen LogP contribution in [0.5, 0.6) is 0 Å². The van der Waals surface area contributed by atoms with Gasteiger partial charge in [0.15, 0.2) is 5.96 Å². The maximum atomic E-state index is 11.7. The molecule has 2 heterocycles. The van der Waals surface area contributed by atoms with E-state index in [0.717, 1.165) is 23.5 Å². The first kappa shape index (κ1) is 21.9. The van der Waals surface area contributed by atoms with E-state index in [0.29, 0.717) is 32.2 Å². The van der Waals surface area contributed by atoms with Gasteiger partial charge in [0.25, 0.3) is 0 Å². The number of hydrogen-bond acceptors (Lipinski definition) is 5. The maximum Gasteiger partial charge on any atom is 0.409 e. The molecule has 0 radical (unpaired) electrons. The first-order chi connectivity index (χ1) is 11.5. The Morgan fingerprint density at radius 3 is 2.80 bits per heavy atom. The van der Waals surface area contributed by atoms with Crippen molar-refractivity contribution in [3.8, 4) is 0 Å². The van der Waals surface area contributed by atoms with E-state index in [1.807, 2.05) is 13.8 Å². The quantitative estimate of drug-likeness (QED) is 0.383. The zero-order valence-corrected chi connectivity index (χ0v) is 18.2. The summed E-state index contributed by atoms with van der Waals surface area (Å²) in [5, 5.41) is 6.39. The van der Waals surface area contributed by atoms with Crippen LogP contribution in [0.2, 0.25) is 0 Å². The van der Waals surface area contributed by atoms with Gasteiger partial charge in [0, 0.05) is 36.1 Å². The minimum atomic E-state index is -0.231. The lowest BCUT2D eigenvalue weighted by atomic mass is 10.1. The molecule has 1 aromatic heterocycles. The molecular weight excluding hydrogens is 453 g/mol. The predicted molar refractivity (Wildman–Crippen MR) is 112 cm³/mol. The molecule has 0 saturated carbocycles. The van der Waals surface area contributed by atoms with Crippen LogP contribution in [-0.4, -0.2) is 54.2 Å². The summed E-state index contributed by atoms with van der Waals surface area (Å²) in [5.74, 6) is 0.722. The van der Waals surface area contributed by atoms with Gasteiger partial charge in [-0.2, -0.15) is 0 Å². The van der Waals surface area contributed by atoms with Crippen LogP contribution in [0.15, 0.2) is 10.4 Å². The van der Waals surface area contributed by atoms with Gasteiger partial charge in [0.1, 0.15) is 0 Å². The third-order valence-electron chi connectivity index (χ3n) is 3.97. The van der Waals surface area contributed by atoms with E-state index in [1.165, 1.54) is 0 Å². The Morgan fingerprint density at radius 1 is 1.56 bits per heavy atom. The Morgan fingerprint density at radius 2 is 2.24 bits per heavy atom. The van der Waals surface area contributed by atoms with Crippen molar-refractivity contribution in [2.45, 2.75) is 45.6 Å². The highest BCUT2D eigenvalue weighted by atomic mass is 127. The molecule has 7 nitrogen and oxygen atoms in total. The van der Waals surface area contributed by atoms with Gasteiger partial charge < -0.3 is 20.7 Å². The molecule has 25 heavy (non-hydrogen) atoms. The van der Waals surface area contributed by atoms with Gasteiger partial charge >= 0.3 is 6.09 Å². The molecule has 1 atom stereocenters. The van der Waals surface area contributed by atoms with Crippen molar-refractivity contribution in [1.82, 2.24) is 15.2 Å². The van der Waals surface area contributed by atoms with Crippen molar-refractivity contribution in [3.63, 3.8) is 0 Å². The fourth-order valence-electron chi connectivity index (χ4n) is 2.59. The Balaban J connectivity index is 0.00000312. The Hall–Kier alpha value is -1.10. The number of thiazole rings is 1. The largest absolute Gasteiger partial charge is 0.450 e. The van der Waals surface area contributed by atoms with E-state index in [-0.39, 0.29) is 42.0 Å². The first-order valence-electron chi connectivity index (χ1n) is 8.39. The molecule has 0 aromatic carbocycles. The summed E-state index contributed by atoms with van der Waals surface area (Å²) < 4.78 is 5.02. The maximum absolute atomic E-state index is 11.7. The molecule has 1 aliphatic rings. The molecule has 1 saturated heterocycles. The molecule has 1 fully saturated rings. The lowest BCUT2D eigenvalue weighted by Crippen LogP contribution is -2.48. The van der Waals surface area contributed by atoms with Gasteiger partial charge in [-0.15, -0.1) is 35.3 Å². The van der Waals surface area contributed by atoms with E-state index >= 15 is 0 Å². The third-order valence-corrected chi connectivity index (χ3v) is 5.16. The topological polar surface area (TPSA) is 92.8 Å². The number of carbonyl (C=O) groups excluding carboxylic acids is 1. The number of guanidine groups is 1. The van der Waals surface area contributed by atoms with E-state index in [4.69, 9.17) is 10.5 Å². The Bertz CT molecular complexity index is 573. The number of ether oxygens (including phenoxy) is 1. The van der Waals surface area contributed by atoms with Gasteiger partial charge in [-0.25, -0.2) is 9.78 Å². The minimum Gasteiger partial charge on any atom is -0.450 e. The third kappa shape index (κ3) is 6.96. The number of halogens is 1. The smallest absolute Gasteiger partial charge is 0.409 e. The average Bonchev–Trinajstić information content (AvgIpc) is 3.00. The number of hydrogen-bond donors (Lipinski definition) is 2. The van der Waals surface area contributed by atoms with Crippen LogP contribution in [0.25, 0.3) is 0 Å². The van der Waals surface area contributed by atoms with Crippen molar-refractivity contribution in [2.75, 3.05) is 26.2 Å². The molecule has 1 aliphatic heterocycles. The van der Waals surface area contributed by atoms with Gasteiger partial charge in [0.2, 0.25) is 0 Å². The second-order valence-corrected chi connectivity index (χ2v) is 6.95. The van der Waals surface area contributed by atoms with E-state index in [1.54, 1.807) is 16.2 Å². The molecule has 2 rings (SSSR count). The molecule has 1 amide bonds. The standard InChI is InChI=1S/C16H27N5O2S.HI/c1-4-23-16(22)21-7-5-13(6-8-21)20-15(17)18-9-11(2)14-19-12(3)10-24-14;/h10-11,13H,4-9H2,1-3H3,(H3,17,18,20);1H. The summed E-state index contributed by atoms with van der Waals surface area (Å²) in [6.07, 6.45) is 1.46. The lowest BCUT2D eigenvalue weighted by molar-refractivity contribution is 0.0963. The van der Waals surface area contributed by atoms with Crippen molar-refractivity contribution in [3.05, 3.63) is 16.1 Å². The monoisotopic (exact) mass is 481 g/mol. The van der Waals surface area contributed by atoms with E-state index in [2.05, 4.69) is 27.6 Å². The van der Waals surface area contributed by atoms with Gasteiger partial charge in [-0.1, -0.05) is 6.92 Å². The second kappa shape index (κ2) is 10.8. The molecule has 0 bridgehead atoms. The average molecular weight is 481 g/mol. The molecule has 0 aliphatic carbocycles. The second-order valence-electron chi connectivity index (χ2n) is 6.06. The molecule has 1 aromatic rings. The number of nitrogens with one attached hydrogen (secondary N) is 1. The van der Waals surface area contributed by atoms with Crippen LogP contribution in [0.4, 0.5) is 4.79 Å². The molecule has 3 N–H and O–H groups in total. The number of amides is 1. The first-order valence-corrected chi connectivity index (χ1v) is 9.27. The molecule has 1 unspecified atom stereocenters. The molecule has 142 valence electrons. The van der Waals surface area contributed by atoms with Crippen LogP contribution in [0.1, 0.15) is 43.3 Å². The predicted octanol–water partition coefficient (Wildman–Crippen LogP) is 2.70. The number of likely N-dealkylation sites (tertiary alicyclic amines) is 1. The summed E-state index contributed by atoms with van der Waals surface area (Å²) in [5.41, 5.74) is 7.04. The number of carbonyl (C=O) groups is 1. The number of nitrogens with zero attached hydrogens (tertiary/aromatic N) is 3. The van der Waals surface area contributed by atoms with Crippen molar-refractivity contribution < 1.29 is 9.53 Å². The highest BCUT2D eigenvalue weighted by molar-refractivity contribution is 14.0. The Labute approximate surface area is 170 Å². The molecular formula is C16H28IN5O2S. The normalized spacial score (nSPS) is 16.9. The zero-order valence-electron chi connectivity index (χ0n) is 15.0. The number of nitrogens with two attached hydrogens (primary N) is 1. The highest BCUT2D eigenvalue weighted by Gasteiger charge is 2.23. The molecule has 0 spiro atoms. The van der Waals surface area contributed by atoms with Gasteiger partial charge in [-0.05, 0) is 26.7 Å². The van der Waals surface area contributed by atoms with E-state index < -0.39 is 0 Å². The van der Waals surface area contributed by atoms with Gasteiger partial charge in [0.05, 0.1) is 18.2 Å². The SMILES string of the molecule is CCOC(=O)N1CCC(NC(N)=NCC(C)c2nc(C)cs2)CC1.I.